The van der Waals surface area contributed by atoms with Gasteiger partial charge in [-0.15, -0.1) is 11.8 Å². The van der Waals surface area contributed by atoms with Crippen molar-refractivity contribution in [1.29, 1.82) is 0 Å². The minimum Gasteiger partial charge on any atom is -0.478 e. The maximum Gasteiger partial charge on any atom is 0.416 e. The molecule has 0 aliphatic heterocycles. The van der Waals surface area contributed by atoms with Crippen LogP contribution in [0.3, 0.4) is 0 Å². The highest BCUT2D eigenvalue weighted by Crippen LogP contribution is 2.33. The first-order valence-electron chi connectivity index (χ1n) is 9.12. The molecule has 0 spiro atoms. The summed E-state index contributed by atoms with van der Waals surface area (Å²) in [7, 11) is 0. The van der Waals surface area contributed by atoms with Gasteiger partial charge in [0.2, 0.25) is 0 Å². The molecule has 0 amide bonds. The van der Waals surface area contributed by atoms with Crippen molar-refractivity contribution in [3.05, 3.63) is 59.4 Å². The van der Waals surface area contributed by atoms with Crippen LogP contribution in [0, 0.1) is 6.92 Å². The van der Waals surface area contributed by atoms with Gasteiger partial charge in [-0.1, -0.05) is 12.1 Å². The number of hydrogen-bond acceptors (Lipinski definition) is 6. The van der Waals surface area contributed by atoms with E-state index in [0.717, 1.165) is 34.1 Å². The lowest BCUT2D eigenvalue weighted by molar-refractivity contribution is -0.152. The number of nitrogens with zero attached hydrogens (tertiary/aromatic N) is 2. The van der Waals surface area contributed by atoms with Crippen LogP contribution in [0.4, 0.5) is 13.2 Å². The minimum atomic E-state index is -4.37. The van der Waals surface area contributed by atoms with Gasteiger partial charge >= 0.3 is 12.1 Å². The number of aliphatic carboxylic acids is 1. The molecule has 0 bridgehead atoms. The van der Waals surface area contributed by atoms with Crippen molar-refractivity contribution in [1.82, 2.24) is 9.36 Å². The summed E-state index contributed by atoms with van der Waals surface area (Å²) in [4.78, 5) is 16.6. The molecule has 0 atom stereocenters. The van der Waals surface area contributed by atoms with E-state index < -0.39 is 23.3 Å². The molecule has 31 heavy (non-hydrogen) atoms. The number of hydrogen-bond donors (Lipinski definition) is 1. The average molecular weight is 469 g/mol. The van der Waals surface area contributed by atoms with Gasteiger partial charge < -0.3 is 9.84 Å². The second-order valence-corrected chi connectivity index (χ2v) is 9.02. The first-order chi connectivity index (χ1) is 14.5. The Labute approximate surface area is 185 Å². The molecular formula is C21H19F3N2O3S2. The normalized spacial score (nSPS) is 12.1. The third kappa shape index (κ3) is 5.76. The Bertz CT molecular complexity index is 1080. The zero-order chi connectivity index (χ0) is 22.8. The van der Waals surface area contributed by atoms with E-state index in [0.29, 0.717) is 27.9 Å². The number of rotatable bonds is 7. The van der Waals surface area contributed by atoms with Crippen LogP contribution >= 0.6 is 23.3 Å². The van der Waals surface area contributed by atoms with Gasteiger partial charge in [0.15, 0.2) is 11.4 Å². The summed E-state index contributed by atoms with van der Waals surface area (Å²) < 4.78 is 48.0. The standard InChI is InChI=1S/C21H19F3N2O3S2/c1-12-10-15(8-9-16(12)29-20(2,3)19(27)28)30-11-17-25-18(31-26-17)13-4-6-14(7-5-13)21(22,23)24/h4-10H,11H2,1-3H3,(H,27,28). The quantitative estimate of drug-likeness (QED) is 0.425. The number of carbonyl (C=O) groups is 1. The van der Waals surface area contributed by atoms with E-state index in [9.17, 15) is 23.1 Å². The molecule has 0 saturated carbocycles. The fraction of sp³-hybridized carbons (Fsp3) is 0.286. The predicted octanol–water partition coefficient (Wildman–Crippen LogP) is 6.07. The monoisotopic (exact) mass is 468 g/mol. The number of aryl methyl sites for hydroxylation is 1. The van der Waals surface area contributed by atoms with Gasteiger partial charge in [-0.2, -0.15) is 17.5 Å². The van der Waals surface area contributed by atoms with E-state index in [4.69, 9.17) is 4.74 Å². The van der Waals surface area contributed by atoms with Gasteiger partial charge in [0.05, 0.1) is 11.3 Å². The van der Waals surface area contributed by atoms with Crippen LogP contribution in [0.25, 0.3) is 10.6 Å². The molecule has 0 aliphatic carbocycles. The van der Waals surface area contributed by atoms with Crippen molar-refractivity contribution in [3.8, 4) is 16.3 Å². The first kappa shape index (κ1) is 23.1. The number of aromatic nitrogens is 2. The highest BCUT2D eigenvalue weighted by atomic mass is 32.2. The van der Waals surface area contributed by atoms with Gasteiger partial charge in [0.1, 0.15) is 10.8 Å². The number of halogens is 3. The molecule has 164 valence electrons. The fourth-order valence-electron chi connectivity index (χ4n) is 2.52. The van der Waals surface area contributed by atoms with Crippen molar-refractivity contribution in [2.75, 3.05) is 0 Å². The van der Waals surface area contributed by atoms with Crippen molar-refractivity contribution in [2.45, 2.75) is 43.2 Å². The Kier molecular flexibility index (Phi) is 6.61. The smallest absolute Gasteiger partial charge is 0.416 e. The van der Waals surface area contributed by atoms with Crippen LogP contribution in [0.2, 0.25) is 0 Å². The van der Waals surface area contributed by atoms with Crippen LogP contribution in [0.5, 0.6) is 5.75 Å². The second-order valence-electron chi connectivity index (χ2n) is 7.22. The Morgan fingerprint density at radius 2 is 1.84 bits per heavy atom. The van der Waals surface area contributed by atoms with Crippen LogP contribution in [0.15, 0.2) is 47.4 Å². The molecular weight excluding hydrogens is 449 g/mol. The molecule has 0 fully saturated rings. The number of benzene rings is 2. The van der Waals surface area contributed by atoms with Gasteiger partial charge in [-0.25, -0.2) is 9.78 Å². The highest BCUT2D eigenvalue weighted by Gasteiger charge is 2.30. The minimum absolute atomic E-state index is 0.484. The SMILES string of the molecule is Cc1cc(SCc2nsc(-c3ccc(C(F)(F)F)cc3)n2)ccc1OC(C)(C)C(=O)O. The number of ether oxygens (including phenoxy) is 1. The largest absolute Gasteiger partial charge is 0.478 e. The molecule has 1 aromatic heterocycles. The number of thioether (sulfide) groups is 1. The number of alkyl halides is 3. The lowest BCUT2D eigenvalue weighted by atomic mass is 10.1. The topological polar surface area (TPSA) is 72.3 Å². The molecule has 10 heteroatoms. The van der Waals surface area contributed by atoms with Crippen LogP contribution < -0.4 is 4.74 Å². The Morgan fingerprint density at radius 3 is 2.42 bits per heavy atom. The van der Waals surface area contributed by atoms with Gasteiger partial charge in [-0.3, -0.25) is 0 Å². The molecule has 0 saturated heterocycles. The maximum absolute atomic E-state index is 12.7. The van der Waals surface area contributed by atoms with E-state index in [1.807, 2.05) is 19.1 Å². The summed E-state index contributed by atoms with van der Waals surface area (Å²) in [5.74, 6) is 0.504. The molecule has 0 aliphatic rings. The molecule has 1 N–H and O–H groups in total. The van der Waals surface area contributed by atoms with Gasteiger partial charge in [-0.05, 0) is 68.2 Å². The molecule has 5 nitrogen and oxygen atoms in total. The van der Waals surface area contributed by atoms with E-state index in [1.165, 1.54) is 37.7 Å². The zero-order valence-corrected chi connectivity index (χ0v) is 18.5. The lowest BCUT2D eigenvalue weighted by Crippen LogP contribution is -2.38. The summed E-state index contributed by atoms with van der Waals surface area (Å²) in [6, 6.07) is 10.3. The van der Waals surface area contributed by atoms with Crippen LogP contribution in [0.1, 0.15) is 30.8 Å². The highest BCUT2D eigenvalue weighted by molar-refractivity contribution is 7.98. The Hall–Kier alpha value is -2.59. The third-order valence-corrected chi connectivity index (χ3v) is 6.11. The zero-order valence-electron chi connectivity index (χ0n) is 16.9. The van der Waals surface area contributed by atoms with Crippen molar-refractivity contribution in [3.63, 3.8) is 0 Å². The Balaban J connectivity index is 1.64. The second kappa shape index (κ2) is 8.88. The van der Waals surface area contributed by atoms with E-state index in [-0.39, 0.29) is 0 Å². The summed E-state index contributed by atoms with van der Waals surface area (Å²) >= 11 is 2.63. The summed E-state index contributed by atoms with van der Waals surface area (Å²) in [6.45, 7) is 4.81. The van der Waals surface area contributed by atoms with Crippen molar-refractivity contribution in [2.24, 2.45) is 0 Å². The van der Waals surface area contributed by atoms with Crippen LogP contribution in [-0.4, -0.2) is 26.0 Å². The number of carboxylic acids is 1. The third-order valence-electron chi connectivity index (χ3n) is 4.32. The van der Waals surface area contributed by atoms with Gasteiger partial charge in [0.25, 0.3) is 0 Å². The lowest BCUT2D eigenvalue weighted by Gasteiger charge is -2.22. The molecule has 3 rings (SSSR count). The average Bonchev–Trinajstić information content (AvgIpc) is 3.16. The molecule has 0 radical (unpaired) electrons. The summed E-state index contributed by atoms with van der Waals surface area (Å²) in [5, 5.41) is 9.76. The fourth-order valence-corrected chi connectivity index (χ4v) is 4.14. The number of carboxylic acid groups (broad SMARTS) is 1. The molecule has 3 aromatic rings. The summed E-state index contributed by atoms with van der Waals surface area (Å²) in [6.07, 6.45) is -4.37. The van der Waals surface area contributed by atoms with E-state index in [2.05, 4.69) is 9.36 Å². The molecule has 2 aromatic carbocycles. The maximum atomic E-state index is 12.7. The first-order valence-corrected chi connectivity index (χ1v) is 10.9. The van der Waals surface area contributed by atoms with Crippen molar-refractivity contribution >= 4 is 29.3 Å². The summed E-state index contributed by atoms with van der Waals surface area (Å²) in [5.41, 5.74) is -0.652. The molecule has 1 heterocycles. The van der Waals surface area contributed by atoms with Gasteiger partial charge in [0, 0.05) is 10.5 Å². The van der Waals surface area contributed by atoms with Crippen molar-refractivity contribution < 1.29 is 27.8 Å². The van der Waals surface area contributed by atoms with Crippen LogP contribution in [-0.2, 0) is 16.7 Å². The molecule has 0 unspecified atom stereocenters. The predicted molar refractivity (Wildman–Crippen MR) is 113 cm³/mol. The van der Waals surface area contributed by atoms with E-state index in [1.54, 1.807) is 6.07 Å². The Morgan fingerprint density at radius 1 is 1.16 bits per heavy atom. The van der Waals surface area contributed by atoms with E-state index >= 15 is 0 Å².